The SMILES string of the molecule is COc1cccc([C@@H]2C[C@H](C(F)(F)F)n3ncc(C(=O)Nc4ccc(OC)cc4OC)c3N2)c1. The van der Waals surface area contributed by atoms with Gasteiger partial charge in [-0.3, -0.25) is 4.79 Å². The van der Waals surface area contributed by atoms with Crippen LogP contribution in [0.3, 0.4) is 0 Å². The van der Waals surface area contributed by atoms with E-state index in [1.54, 1.807) is 42.5 Å². The summed E-state index contributed by atoms with van der Waals surface area (Å²) in [5.41, 5.74) is 0.907. The molecule has 34 heavy (non-hydrogen) atoms. The molecule has 0 saturated carbocycles. The maximum absolute atomic E-state index is 13.9. The second-order valence-electron chi connectivity index (χ2n) is 7.64. The first-order chi connectivity index (χ1) is 16.2. The zero-order valence-electron chi connectivity index (χ0n) is 18.6. The van der Waals surface area contributed by atoms with Crippen LogP contribution in [0, 0.1) is 0 Å². The molecule has 2 N–H and O–H groups in total. The van der Waals surface area contributed by atoms with Gasteiger partial charge in [-0.25, -0.2) is 4.68 Å². The number of carbonyl (C=O) groups excluding carboxylic acids is 1. The van der Waals surface area contributed by atoms with E-state index in [1.807, 2.05) is 0 Å². The molecule has 0 fully saturated rings. The van der Waals surface area contributed by atoms with Crippen LogP contribution >= 0.6 is 0 Å². The number of rotatable bonds is 6. The summed E-state index contributed by atoms with van der Waals surface area (Å²) in [4.78, 5) is 13.1. The number of nitrogens with one attached hydrogen (secondary N) is 2. The Balaban J connectivity index is 1.69. The van der Waals surface area contributed by atoms with Crippen molar-refractivity contribution < 1.29 is 32.2 Å². The number of alkyl halides is 3. The highest BCUT2D eigenvalue weighted by atomic mass is 19.4. The maximum atomic E-state index is 13.9. The van der Waals surface area contributed by atoms with Crippen LogP contribution in [0.2, 0.25) is 0 Å². The number of benzene rings is 2. The van der Waals surface area contributed by atoms with Crippen molar-refractivity contribution in [1.82, 2.24) is 9.78 Å². The fourth-order valence-corrected chi connectivity index (χ4v) is 3.90. The summed E-state index contributed by atoms with van der Waals surface area (Å²) in [6.45, 7) is 0. The third kappa shape index (κ3) is 4.45. The van der Waals surface area contributed by atoms with Gasteiger partial charge in [0.25, 0.3) is 5.91 Å². The van der Waals surface area contributed by atoms with E-state index in [9.17, 15) is 18.0 Å². The van der Waals surface area contributed by atoms with Crippen molar-refractivity contribution in [2.24, 2.45) is 0 Å². The van der Waals surface area contributed by atoms with Crippen LogP contribution in [-0.2, 0) is 0 Å². The molecule has 0 spiro atoms. The first-order valence-electron chi connectivity index (χ1n) is 10.3. The van der Waals surface area contributed by atoms with Crippen LogP contribution in [0.1, 0.15) is 34.4 Å². The molecule has 3 aromatic rings. The van der Waals surface area contributed by atoms with Crippen LogP contribution in [0.5, 0.6) is 17.2 Å². The molecule has 8 nitrogen and oxygen atoms in total. The molecule has 2 aromatic carbocycles. The van der Waals surface area contributed by atoms with Crippen LogP contribution in [-0.4, -0.2) is 43.2 Å². The van der Waals surface area contributed by atoms with Crippen molar-refractivity contribution in [2.75, 3.05) is 32.0 Å². The van der Waals surface area contributed by atoms with Gasteiger partial charge in [-0.2, -0.15) is 18.3 Å². The Bertz CT molecular complexity index is 1200. The van der Waals surface area contributed by atoms with Crippen molar-refractivity contribution in [3.05, 3.63) is 59.8 Å². The van der Waals surface area contributed by atoms with Crippen molar-refractivity contribution >= 4 is 17.4 Å². The second kappa shape index (κ2) is 9.16. The number of amides is 1. The van der Waals surface area contributed by atoms with E-state index in [0.717, 1.165) is 10.9 Å². The molecule has 1 aliphatic rings. The maximum Gasteiger partial charge on any atom is 0.410 e. The molecule has 1 aliphatic heterocycles. The smallest absolute Gasteiger partial charge is 0.410 e. The quantitative estimate of drug-likeness (QED) is 0.531. The number of hydrogen-bond acceptors (Lipinski definition) is 6. The van der Waals surface area contributed by atoms with E-state index >= 15 is 0 Å². The summed E-state index contributed by atoms with van der Waals surface area (Å²) in [5.74, 6) is 0.722. The van der Waals surface area contributed by atoms with Crippen molar-refractivity contribution in [3.8, 4) is 17.2 Å². The zero-order chi connectivity index (χ0) is 24.5. The summed E-state index contributed by atoms with van der Waals surface area (Å²) >= 11 is 0. The molecule has 0 radical (unpaired) electrons. The van der Waals surface area contributed by atoms with Crippen molar-refractivity contribution in [3.63, 3.8) is 0 Å². The van der Waals surface area contributed by atoms with Crippen LogP contribution in [0.15, 0.2) is 48.7 Å². The Kier molecular flexibility index (Phi) is 6.27. The van der Waals surface area contributed by atoms with Gasteiger partial charge >= 0.3 is 6.18 Å². The molecular weight excluding hydrogens is 453 g/mol. The van der Waals surface area contributed by atoms with Gasteiger partial charge in [-0.1, -0.05) is 12.1 Å². The lowest BCUT2D eigenvalue weighted by molar-refractivity contribution is -0.173. The van der Waals surface area contributed by atoms with E-state index in [4.69, 9.17) is 14.2 Å². The minimum Gasteiger partial charge on any atom is -0.497 e. The first-order valence-corrected chi connectivity index (χ1v) is 10.3. The predicted octanol–water partition coefficient (Wildman–Crippen LogP) is 4.82. The van der Waals surface area contributed by atoms with Gasteiger partial charge < -0.3 is 24.8 Å². The Morgan fingerprint density at radius 2 is 1.82 bits per heavy atom. The van der Waals surface area contributed by atoms with E-state index < -0.39 is 24.2 Å². The summed E-state index contributed by atoms with van der Waals surface area (Å²) in [7, 11) is 4.41. The molecule has 180 valence electrons. The number of anilines is 2. The van der Waals surface area contributed by atoms with Crippen LogP contribution < -0.4 is 24.8 Å². The molecular formula is C23H23F3N4O4. The van der Waals surface area contributed by atoms with Crippen molar-refractivity contribution in [1.29, 1.82) is 0 Å². The number of nitrogens with zero attached hydrogens (tertiary/aromatic N) is 2. The largest absolute Gasteiger partial charge is 0.497 e. The number of methoxy groups -OCH3 is 3. The Morgan fingerprint density at radius 1 is 1.09 bits per heavy atom. The van der Waals surface area contributed by atoms with Gasteiger partial charge in [0.15, 0.2) is 6.04 Å². The summed E-state index contributed by atoms with van der Waals surface area (Å²) in [6.07, 6.45) is -3.73. The van der Waals surface area contributed by atoms with E-state index in [2.05, 4.69) is 15.7 Å². The Labute approximate surface area is 193 Å². The van der Waals surface area contributed by atoms with E-state index in [-0.39, 0.29) is 17.8 Å². The van der Waals surface area contributed by atoms with Gasteiger partial charge in [0, 0.05) is 12.5 Å². The molecule has 4 rings (SSSR count). The minimum absolute atomic E-state index is 0.0219. The highest BCUT2D eigenvalue weighted by molar-refractivity contribution is 6.08. The molecule has 11 heteroatoms. The highest BCUT2D eigenvalue weighted by Crippen LogP contribution is 2.44. The number of hydrogen-bond donors (Lipinski definition) is 2. The molecule has 0 saturated heterocycles. The average Bonchev–Trinajstić information content (AvgIpc) is 3.27. The standard InChI is InChI=1S/C23H23F3N4O4/c1-32-14-6-4-5-13(9-14)18-11-20(23(24,25)26)30-21(28-18)16(12-27-30)22(31)29-17-8-7-15(33-2)10-19(17)34-3/h4-10,12,18,20,28H,11H2,1-3H3,(H,29,31)/t18-,20+/m0/s1. The van der Waals surface area contributed by atoms with Crippen molar-refractivity contribution in [2.45, 2.75) is 24.7 Å². The topological polar surface area (TPSA) is 86.6 Å². The molecule has 1 amide bonds. The van der Waals surface area contributed by atoms with E-state index in [0.29, 0.717) is 28.5 Å². The summed E-state index contributed by atoms with van der Waals surface area (Å²) in [5, 5.41) is 9.64. The average molecular weight is 476 g/mol. The van der Waals surface area contributed by atoms with Gasteiger partial charge in [0.2, 0.25) is 0 Å². The van der Waals surface area contributed by atoms with Gasteiger partial charge in [0.05, 0.1) is 39.3 Å². The highest BCUT2D eigenvalue weighted by Gasteiger charge is 2.47. The number of halogens is 3. The molecule has 2 heterocycles. The summed E-state index contributed by atoms with van der Waals surface area (Å²) in [6, 6.07) is 8.96. The Hall–Kier alpha value is -3.89. The Morgan fingerprint density at radius 3 is 2.50 bits per heavy atom. The molecule has 0 bridgehead atoms. The van der Waals surface area contributed by atoms with Gasteiger partial charge in [0.1, 0.15) is 28.6 Å². The molecule has 0 aliphatic carbocycles. The minimum atomic E-state index is -4.56. The fraction of sp³-hybridized carbons (Fsp3) is 0.304. The summed E-state index contributed by atoms with van der Waals surface area (Å²) < 4.78 is 58.3. The van der Waals surface area contributed by atoms with Gasteiger partial charge in [-0.15, -0.1) is 0 Å². The molecule has 1 aromatic heterocycles. The third-order valence-electron chi connectivity index (χ3n) is 5.64. The number of fused-ring (bicyclic) bond motifs is 1. The van der Waals surface area contributed by atoms with Crippen LogP contribution in [0.25, 0.3) is 0 Å². The normalized spacial score (nSPS) is 17.4. The lowest BCUT2D eigenvalue weighted by atomic mass is 9.96. The second-order valence-corrected chi connectivity index (χ2v) is 7.64. The fourth-order valence-electron chi connectivity index (χ4n) is 3.90. The lowest BCUT2D eigenvalue weighted by Crippen LogP contribution is -2.36. The first kappa shape index (κ1) is 23.3. The molecule has 0 unspecified atom stereocenters. The number of aromatic nitrogens is 2. The predicted molar refractivity (Wildman–Crippen MR) is 119 cm³/mol. The van der Waals surface area contributed by atoms with E-state index in [1.165, 1.54) is 21.3 Å². The van der Waals surface area contributed by atoms with Gasteiger partial charge in [-0.05, 0) is 29.8 Å². The number of ether oxygens (including phenoxy) is 3. The molecule has 2 atom stereocenters. The van der Waals surface area contributed by atoms with Crippen LogP contribution in [0.4, 0.5) is 24.7 Å². The third-order valence-corrected chi connectivity index (χ3v) is 5.64. The monoisotopic (exact) mass is 476 g/mol. The lowest BCUT2D eigenvalue weighted by Gasteiger charge is -2.34. The number of carbonyl (C=O) groups is 1. The zero-order valence-corrected chi connectivity index (χ0v) is 18.6.